The first kappa shape index (κ1) is 25.0. The molecule has 0 saturated carbocycles. The van der Waals surface area contributed by atoms with Crippen molar-refractivity contribution in [2.75, 3.05) is 13.7 Å². The van der Waals surface area contributed by atoms with Crippen molar-refractivity contribution < 1.29 is 23.8 Å². The number of ether oxygens (including phenoxy) is 3. The van der Waals surface area contributed by atoms with Crippen LogP contribution in [0.4, 0.5) is 0 Å². The van der Waals surface area contributed by atoms with Gasteiger partial charge in [-0.25, -0.2) is 10.2 Å². The summed E-state index contributed by atoms with van der Waals surface area (Å²) in [7, 11) is 1.58. The molecule has 1 heterocycles. The summed E-state index contributed by atoms with van der Waals surface area (Å²) < 4.78 is 18.0. The lowest BCUT2D eigenvalue weighted by Gasteiger charge is -2.05. The van der Waals surface area contributed by atoms with Crippen LogP contribution >= 0.6 is 45.5 Å². The van der Waals surface area contributed by atoms with Gasteiger partial charge in [-0.3, -0.25) is 4.79 Å². The van der Waals surface area contributed by atoms with Gasteiger partial charge >= 0.3 is 5.97 Å². The van der Waals surface area contributed by atoms with Gasteiger partial charge in [-0.05, 0) is 94.9 Å². The molecule has 0 spiro atoms. The SMILES string of the molecule is COc1ccc2c(Cl)c(C(=O)Oc3ccc(C=NNC(=O)COc4ccc(I)cc4)cc3)sc2c1. The molecule has 35 heavy (non-hydrogen) atoms. The van der Waals surface area contributed by atoms with Crippen LogP contribution in [-0.2, 0) is 4.79 Å². The molecule has 10 heteroatoms. The molecule has 0 saturated heterocycles. The number of hydrazone groups is 1. The molecule has 0 fully saturated rings. The normalized spacial score (nSPS) is 10.9. The van der Waals surface area contributed by atoms with Gasteiger partial charge < -0.3 is 14.2 Å². The van der Waals surface area contributed by atoms with E-state index in [9.17, 15) is 9.59 Å². The minimum absolute atomic E-state index is 0.153. The number of esters is 1. The minimum atomic E-state index is -0.544. The fraction of sp³-hybridized carbons (Fsp3) is 0.0800. The third kappa shape index (κ3) is 6.50. The molecule has 178 valence electrons. The zero-order valence-corrected chi connectivity index (χ0v) is 22.0. The Hall–Kier alpha value is -3.15. The van der Waals surface area contributed by atoms with Crippen molar-refractivity contribution in [1.29, 1.82) is 0 Å². The van der Waals surface area contributed by atoms with Crippen LogP contribution < -0.4 is 19.6 Å². The Labute approximate surface area is 223 Å². The molecule has 1 amide bonds. The van der Waals surface area contributed by atoms with Crippen LogP contribution in [0.3, 0.4) is 0 Å². The van der Waals surface area contributed by atoms with Crippen molar-refractivity contribution in [2.24, 2.45) is 5.10 Å². The van der Waals surface area contributed by atoms with Gasteiger partial charge in [0.1, 0.15) is 22.1 Å². The predicted octanol–water partition coefficient (Wildman–Crippen LogP) is 5.92. The van der Waals surface area contributed by atoms with E-state index in [0.717, 1.165) is 13.7 Å². The summed E-state index contributed by atoms with van der Waals surface area (Å²) in [6.07, 6.45) is 1.48. The summed E-state index contributed by atoms with van der Waals surface area (Å²) in [5.74, 6) is 0.710. The number of nitrogens with one attached hydrogen (secondary N) is 1. The summed E-state index contributed by atoms with van der Waals surface area (Å²) in [6, 6.07) is 19.5. The monoisotopic (exact) mass is 620 g/mol. The van der Waals surface area contributed by atoms with Gasteiger partial charge in [-0.15, -0.1) is 11.3 Å². The Bertz CT molecular complexity index is 1390. The number of benzene rings is 3. The zero-order valence-electron chi connectivity index (χ0n) is 18.3. The van der Waals surface area contributed by atoms with Gasteiger partial charge in [0.15, 0.2) is 6.61 Å². The largest absolute Gasteiger partial charge is 0.497 e. The highest BCUT2D eigenvalue weighted by Gasteiger charge is 2.19. The summed E-state index contributed by atoms with van der Waals surface area (Å²) in [5.41, 5.74) is 3.11. The quantitative estimate of drug-likeness (QED) is 0.0870. The molecule has 3 aromatic carbocycles. The Kier molecular flexibility index (Phi) is 8.21. The van der Waals surface area contributed by atoms with Crippen LogP contribution in [0, 0.1) is 3.57 Å². The molecule has 7 nitrogen and oxygen atoms in total. The van der Waals surface area contributed by atoms with Crippen LogP contribution in [0.1, 0.15) is 15.2 Å². The van der Waals surface area contributed by atoms with Crippen LogP contribution in [-0.4, -0.2) is 31.8 Å². The number of fused-ring (bicyclic) bond motifs is 1. The molecule has 0 atom stereocenters. The number of thiophene rings is 1. The topological polar surface area (TPSA) is 86.2 Å². The molecule has 0 radical (unpaired) electrons. The van der Waals surface area contributed by atoms with Gasteiger partial charge in [0.25, 0.3) is 5.91 Å². The van der Waals surface area contributed by atoms with Gasteiger partial charge in [0.05, 0.1) is 18.3 Å². The molecule has 0 unspecified atom stereocenters. The Balaban J connectivity index is 1.30. The Morgan fingerprint density at radius 1 is 1.03 bits per heavy atom. The smallest absolute Gasteiger partial charge is 0.355 e. The fourth-order valence-electron chi connectivity index (χ4n) is 2.97. The number of amides is 1. The lowest BCUT2D eigenvalue weighted by atomic mass is 10.2. The Morgan fingerprint density at radius 3 is 2.43 bits per heavy atom. The van der Waals surface area contributed by atoms with Crippen molar-refractivity contribution >= 4 is 73.7 Å². The first-order valence-electron chi connectivity index (χ1n) is 10.2. The number of hydrogen-bond donors (Lipinski definition) is 1. The number of carbonyl (C=O) groups is 2. The van der Waals surface area contributed by atoms with Gasteiger partial charge in [-0.1, -0.05) is 11.6 Å². The number of rotatable bonds is 8. The summed E-state index contributed by atoms with van der Waals surface area (Å²) in [5, 5.41) is 5.03. The summed E-state index contributed by atoms with van der Waals surface area (Å²) in [4.78, 5) is 24.9. The molecule has 4 rings (SSSR count). The second-order valence-electron chi connectivity index (χ2n) is 7.10. The molecule has 0 aliphatic carbocycles. The van der Waals surface area contributed by atoms with Crippen LogP contribution in [0.15, 0.2) is 71.8 Å². The minimum Gasteiger partial charge on any atom is -0.497 e. The number of carbonyl (C=O) groups excluding carboxylic acids is 2. The lowest BCUT2D eigenvalue weighted by molar-refractivity contribution is -0.123. The van der Waals surface area contributed by atoms with Crippen molar-refractivity contribution in [3.63, 3.8) is 0 Å². The van der Waals surface area contributed by atoms with E-state index < -0.39 is 5.97 Å². The lowest BCUT2D eigenvalue weighted by Crippen LogP contribution is -2.24. The predicted molar refractivity (Wildman–Crippen MR) is 145 cm³/mol. The van der Waals surface area contributed by atoms with E-state index in [4.69, 9.17) is 25.8 Å². The molecule has 0 aliphatic heterocycles. The second-order valence-corrected chi connectivity index (χ2v) is 9.78. The van der Waals surface area contributed by atoms with E-state index in [1.54, 1.807) is 49.6 Å². The molecule has 4 aromatic rings. The fourth-order valence-corrected chi connectivity index (χ4v) is 4.74. The number of methoxy groups -OCH3 is 1. The summed E-state index contributed by atoms with van der Waals surface area (Å²) >= 11 is 9.83. The maximum atomic E-state index is 12.7. The van der Waals surface area contributed by atoms with Crippen molar-refractivity contribution in [1.82, 2.24) is 5.43 Å². The second kappa shape index (κ2) is 11.5. The number of hydrogen-bond acceptors (Lipinski definition) is 7. The maximum absolute atomic E-state index is 12.7. The molecule has 0 bridgehead atoms. The highest BCUT2D eigenvalue weighted by molar-refractivity contribution is 14.1. The van der Waals surface area contributed by atoms with Gasteiger partial charge in [-0.2, -0.15) is 5.10 Å². The van der Waals surface area contributed by atoms with Gasteiger partial charge in [0, 0.05) is 13.7 Å². The maximum Gasteiger partial charge on any atom is 0.355 e. The first-order valence-corrected chi connectivity index (χ1v) is 12.5. The van der Waals surface area contributed by atoms with E-state index in [-0.39, 0.29) is 12.5 Å². The van der Waals surface area contributed by atoms with Gasteiger partial charge in [0.2, 0.25) is 0 Å². The van der Waals surface area contributed by atoms with Crippen molar-refractivity contribution in [3.8, 4) is 17.2 Å². The van der Waals surface area contributed by atoms with Crippen LogP contribution in [0.2, 0.25) is 5.02 Å². The summed E-state index contributed by atoms with van der Waals surface area (Å²) in [6.45, 7) is -0.153. The molecule has 0 aliphatic rings. The van der Waals surface area contributed by atoms with Crippen molar-refractivity contribution in [2.45, 2.75) is 0 Å². The third-order valence-corrected chi connectivity index (χ3v) is 7.06. The molecule has 1 aromatic heterocycles. The first-order chi connectivity index (χ1) is 16.9. The van der Waals surface area contributed by atoms with E-state index in [0.29, 0.717) is 32.7 Å². The van der Waals surface area contributed by atoms with E-state index in [1.165, 1.54) is 17.6 Å². The molecular formula is C25H18ClIN2O5S. The molecular weight excluding hydrogens is 603 g/mol. The molecule has 1 N–H and O–H groups in total. The average molecular weight is 621 g/mol. The van der Waals surface area contributed by atoms with Crippen LogP contribution in [0.5, 0.6) is 17.2 Å². The van der Waals surface area contributed by atoms with E-state index >= 15 is 0 Å². The average Bonchev–Trinajstić information content (AvgIpc) is 3.20. The van der Waals surface area contributed by atoms with Crippen LogP contribution in [0.25, 0.3) is 10.1 Å². The standard InChI is InChI=1S/C25H18ClIN2O5S/c1-32-19-10-11-20-21(12-19)35-24(23(20)26)25(31)34-18-6-2-15(3-7-18)13-28-29-22(30)14-33-17-8-4-16(27)5-9-17/h2-13H,14H2,1H3,(H,29,30). The number of halogens is 2. The highest BCUT2D eigenvalue weighted by atomic mass is 127. The van der Waals surface area contributed by atoms with Crippen molar-refractivity contribution in [3.05, 3.63) is 85.8 Å². The van der Waals surface area contributed by atoms with E-state index in [2.05, 4.69) is 33.1 Å². The number of nitrogens with zero attached hydrogens (tertiary/aromatic N) is 1. The highest BCUT2D eigenvalue weighted by Crippen LogP contribution is 2.37. The zero-order chi connectivity index (χ0) is 24.8. The third-order valence-electron chi connectivity index (χ3n) is 4.70. The van der Waals surface area contributed by atoms with E-state index in [1.807, 2.05) is 24.3 Å². The Morgan fingerprint density at radius 2 is 1.71 bits per heavy atom.